The number of ketones is 1. The number of aromatic nitrogens is 2. The van der Waals surface area contributed by atoms with Crippen molar-refractivity contribution in [3.8, 4) is 5.75 Å². The van der Waals surface area contributed by atoms with Gasteiger partial charge in [-0.3, -0.25) is 9.89 Å². The van der Waals surface area contributed by atoms with Gasteiger partial charge in [0.2, 0.25) is 0 Å². The van der Waals surface area contributed by atoms with E-state index in [0.717, 1.165) is 46.1 Å². The number of hydrogen-bond acceptors (Lipinski definition) is 4. The van der Waals surface area contributed by atoms with Crippen molar-refractivity contribution in [2.75, 3.05) is 12.4 Å². The van der Waals surface area contributed by atoms with Crippen molar-refractivity contribution in [3.05, 3.63) is 52.4 Å². The number of Topliss-reactive ketones (excluding diaryl/α,β-unsaturated/α-hetero) is 1. The van der Waals surface area contributed by atoms with Gasteiger partial charge in [0, 0.05) is 34.9 Å². The molecule has 1 aliphatic heterocycles. The molecule has 130 valence electrons. The molecule has 2 N–H and O–H groups in total. The van der Waals surface area contributed by atoms with E-state index in [-0.39, 0.29) is 17.1 Å². The van der Waals surface area contributed by atoms with Crippen LogP contribution in [0.5, 0.6) is 5.75 Å². The fraction of sp³-hybridized carbons (Fsp3) is 0.400. The van der Waals surface area contributed by atoms with Gasteiger partial charge in [0.15, 0.2) is 11.6 Å². The van der Waals surface area contributed by atoms with Crippen LogP contribution in [0.25, 0.3) is 0 Å². The molecule has 0 bridgehead atoms. The molecule has 4 rings (SSSR count). The highest BCUT2D eigenvalue weighted by molar-refractivity contribution is 6.01. The second-order valence-electron chi connectivity index (χ2n) is 7.78. The van der Waals surface area contributed by atoms with Crippen molar-refractivity contribution < 1.29 is 9.53 Å². The maximum absolute atomic E-state index is 13.0. The third kappa shape index (κ3) is 2.54. The van der Waals surface area contributed by atoms with Gasteiger partial charge < -0.3 is 10.1 Å². The van der Waals surface area contributed by atoms with Crippen LogP contribution in [-0.4, -0.2) is 23.1 Å². The Morgan fingerprint density at radius 3 is 2.60 bits per heavy atom. The number of aromatic amines is 1. The Morgan fingerprint density at radius 1 is 1.20 bits per heavy atom. The lowest BCUT2D eigenvalue weighted by Crippen LogP contribution is -2.33. The SMILES string of the molecule is COc1ccc([C@@H]2C3=C(CC(C)(C)CC3=O)Nc3n[nH]c(C)c32)cc1. The average molecular weight is 337 g/mol. The third-order valence-corrected chi connectivity index (χ3v) is 5.21. The first-order valence-corrected chi connectivity index (χ1v) is 8.62. The number of benzene rings is 1. The van der Waals surface area contributed by atoms with Crippen molar-refractivity contribution >= 4 is 11.6 Å². The number of hydrogen-bond donors (Lipinski definition) is 2. The van der Waals surface area contributed by atoms with Gasteiger partial charge in [0.25, 0.3) is 0 Å². The summed E-state index contributed by atoms with van der Waals surface area (Å²) >= 11 is 0. The lowest BCUT2D eigenvalue weighted by atomic mass is 9.69. The van der Waals surface area contributed by atoms with E-state index in [4.69, 9.17) is 4.74 Å². The number of allylic oxidation sites excluding steroid dienone is 2. The number of H-pyrrole nitrogens is 1. The summed E-state index contributed by atoms with van der Waals surface area (Å²) in [6, 6.07) is 7.99. The molecular weight excluding hydrogens is 314 g/mol. The second-order valence-corrected chi connectivity index (χ2v) is 7.78. The van der Waals surface area contributed by atoms with Crippen LogP contribution in [0.1, 0.15) is 49.4 Å². The van der Waals surface area contributed by atoms with Crippen LogP contribution < -0.4 is 10.1 Å². The number of aryl methyl sites for hydroxylation is 1. The summed E-state index contributed by atoms with van der Waals surface area (Å²) in [5, 5.41) is 10.9. The van der Waals surface area contributed by atoms with Crippen molar-refractivity contribution in [2.24, 2.45) is 5.41 Å². The number of fused-ring (bicyclic) bond motifs is 1. The Bertz CT molecular complexity index is 875. The van der Waals surface area contributed by atoms with E-state index in [0.29, 0.717) is 6.42 Å². The summed E-state index contributed by atoms with van der Waals surface area (Å²) in [6.07, 6.45) is 1.43. The van der Waals surface area contributed by atoms with Crippen LogP contribution in [0.2, 0.25) is 0 Å². The highest BCUT2D eigenvalue weighted by Crippen LogP contribution is 2.49. The van der Waals surface area contributed by atoms with Crippen LogP contribution in [0.3, 0.4) is 0 Å². The number of ether oxygens (including phenoxy) is 1. The van der Waals surface area contributed by atoms with Crippen LogP contribution in [0.15, 0.2) is 35.5 Å². The zero-order chi connectivity index (χ0) is 17.8. The van der Waals surface area contributed by atoms with Gasteiger partial charge in [-0.05, 0) is 36.5 Å². The monoisotopic (exact) mass is 337 g/mol. The first kappa shape index (κ1) is 15.9. The maximum atomic E-state index is 13.0. The van der Waals surface area contributed by atoms with Gasteiger partial charge in [0.05, 0.1) is 7.11 Å². The van der Waals surface area contributed by atoms with Gasteiger partial charge in [-0.2, -0.15) is 5.10 Å². The second kappa shape index (κ2) is 5.48. The number of carbonyl (C=O) groups excluding carboxylic acids is 1. The highest BCUT2D eigenvalue weighted by Gasteiger charge is 2.42. The number of rotatable bonds is 2. The number of anilines is 1. The van der Waals surface area contributed by atoms with Crippen molar-refractivity contribution in [1.29, 1.82) is 0 Å². The molecule has 1 aromatic carbocycles. The number of nitrogens with one attached hydrogen (secondary N) is 2. The van der Waals surface area contributed by atoms with E-state index in [9.17, 15) is 4.79 Å². The van der Waals surface area contributed by atoms with E-state index < -0.39 is 0 Å². The molecule has 2 aromatic rings. The third-order valence-electron chi connectivity index (χ3n) is 5.21. The summed E-state index contributed by atoms with van der Waals surface area (Å²) in [5.74, 6) is 1.79. The summed E-state index contributed by atoms with van der Waals surface area (Å²) in [7, 11) is 1.66. The van der Waals surface area contributed by atoms with Crippen molar-refractivity contribution in [1.82, 2.24) is 10.2 Å². The number of nitrogens with zero attached hydrogens (tertiary/aromatic N) is 1. The standard InChI is InChI=1S/C20H23N3O2/c1-11-16-17(12-5-7-13(25-4)8-6-12)18-14(21-19(16)23-22-11)9-20(2,3)10-15(18)24/h5-8,17H,9-10H2,1-4H3,(H2,21,22,23)/t17-/m0/s1. The number of methoxy groups -OCH3 is 1. The first-order chi connectivity index (χ1) is 11.9. The minimum Gasteiger partial charge on any atom is -0.497 e. The summed E-state index contributed by atoms with van der Waals surface area (Å²) < 4.78 is 5.28. The van der Waals surface area contributed by atoms with Gasteiger partial charge in [-0.25, -0.2) is 0 Å². The molecule has 1 aliphatic carbocycles. The Labute approximate surface area is 147 Å². The predicted octanol–water partition coefficient (Wildman–Crippen LogP) is 3.93. The molecule has 5 heteroatoms. The minimum absolute atomic E-state index is 0.0315. The largest absolute Gasteiger partial charge is 0.497 e. The van der Waals surface area contributed by atoms with Gasteiger partial charge in [-0.15, -0.1) is 0 Å². The lowest BCUT2D eigenvalue weighted by molar-refractivity contribution is -0.118. The van der Waals surface area contributed by atoms with Crippen LogP contribution in [0.4, 0.5) is 5.82 Å². The Morgan fingerprint density at radius 2 is 1.92 bits per heavy atom. The molecule has 0 amide bonds. The van der Waals surface area contributed by atoms with Crippen LogP contribution in [-0.2, 0) is 4.79 Å². The van der Waals surface area contributed by atoms with Crippen LogP contribution >= 0.6 is 0 Å². The molecule has 2 aliphatic rings. The molecule has 25 heavy (non-hydrogen) atoms. The first-order valence-electron chi connectivity index (χ1n) is 8.62. The number of carbonyl (C=O) groups is 1. The lowest BCUT2D eigenvalue weighted by Gasteiger charge is -2.38. The molecule has 1 atom stereocenters. The van der Waals surface area contributed by atoms with Gasteiger partial charge >= 0.3 is 0 Å². The fourth-order valence-corrected chi connectivity index (χ4v) is 4.08. The molecule has 0 radical (unpaired) electrons. The normalized spacial score (nSPS) is 21.4. The molecule has 2 heterocycles. The molecule has 0 saturated heterocycles. The summed E-state index contributed by atoms with van der Waals surface area (Å²) in [4.78, 5) is 13.0. The molecule has 0 fully saturated rings. The van der Waals surface area contributed by atoms with Gasteiger partial charge in [-0.1, -0.05) is 26.0 Å². The predicted molar refractivity (Wildman–Crippen MR) is 96.8 cm³/mol. The summed E-state index contributed by atoms with van der Waals surface area (Å²) in [6.45, 7) is 6.29. The quantitative estimate of drug-likeness (QED) is 0.871. The van der Waals surface area contributed by atoms with Gasteiger partial charge in [0.1, 0.15) is 5.75 Å². The van der Waals surface area contributed by atoms with E-state index >= 15 is 0 Å². The van der Waals surface area contributed by atoms with E-state index in [1.807, 2.05) is 31.2 Å². The maximum Gasteiger partial charge on any atom is 0.162 e. The average Bonchev–Trinajstić information content (AvgIpc) is 2.93. The Hall–Kier alpha value is -2.56. The van der Waals surface area contributed by atoms with Crippen molar-refractivity contribution in [3.63, 3.8) is 0 Å². The zero-order valence-electron chi connectivity index (χ0n) is 15.1. The minimum atomic E-state index is -0.0838. The Kier molecular flexibility index (Phi) is 3.49. The molecule has 0 spiro atoms. The summed E-state index contributed by atoms with van der Waals surface area (Å²) in [5.41, 5.74) is 5.02. The van der Waals surface area contributed by atoms with Crippen LogP contribution in [0, 0.1) is 12.3 Å². The fourth-order valence-electron chi connectivity index (χ4n) is 4.08. The zero-order valence-corrected chi connectivity index (χ0v) is 15.1. The topological polar surface area (TPSA) is 67.0 Å². The molecule has 1 aromatic heterocycles. The van der Waals surface area contributed by atoms with E-state index in [1.54, 1.807) is 7.11 Å². The molecule has 5 nitrogen and oxygen atoms in total. The molecular formula is C20H23N3O2. The molecule has 0 unspecified atom stereocenters. The van der Waals surface area contributed by atoms with Crippen molar-refractivity contribution in [2.45, 2.75) is 39.5 Å². The van der Waals surface area contributed by atoms with E-state index in [1.165, 1.54) is 0 Å². The smallest absolute Gasteiger partial charge is 0.162 e. The highest BCUT2D eigenvalue weighted by atomic mass is 16.5. The van der Waals surface area contributed by atoms with E-state index in [2.05, 4.69) is 29.4 Å². The Balaban J connectivity index is 1.89. The molecule has 0 saturated carbocycles.